The van der Waals surface area contributed by atoms with Crippen molar-refractivity contribution < 1.29 is 14.3 Å². The normalized spacial score (nSPS) is 17.8. The number of carbonyl (C=O) groups excluding carboxylic acids is 1. The number of thiocarbonyl (C=S) groups is 1. The van der Waals surface area contributed by atoms with E-state index in [1.807, 2.05) is 36.4 Å². The van der Waals surface area contributed by atoms with E-state index in [-0.39, 0.29) is 12.7 Å². The van der Waals surface area contributed by atoms with Gasteiger partial charge < -0.3 is 9.47 Å². The van der Waals surface area contributed by atoms with E-state index in [2.05, 4.69) is 4.98 Å². The van der Waals surface area contributed by atoms with Crippen LogP contribution in [0.1, 0.15) is 11.3 Å². The Labute approximate surface area is 148 Å². The summed E-state index contributed by atoms with van der Waals surface area (Å²) >= 11 is 6.65. The molecular weight excluding hydrogens is 344 g/mol. The standard InChI is InChI=1S/C17H12N2O3S2/c20-16-15(8-12-3-1-2-6-18-12)24-17(23)19(16)9-11-4-5-13-14(7-11)22-10-21-13/h1-8H,9-10H2/b15-8+. The summed E-state index contributed by atoms with van der Waals surface area (Å²) in [6.07, 6.45) is 3.46. The van der Waals surface area contributed by atoms with Gasteiger partial charge in [-0.05, 0) is 35.9 Å². The van der Waals surface area contributed by atoms with Crippen molar-refractivity contribution in [2.75, 3.05) is 6.79 Å². The molecule has 2 aliphatic heterocycles. The predicted molar refractivity (Wildman–Crippen MR) is 95.5 cm³/mol. The third-order valence-corrected chi connectivity index (χ3v) is 5.00. The van der Waals surface area contributed by atoms with Crippen LogP contribution in [-0.2, 0) is 11.3 Å². The maximum absolute atomic E-state index is 12.6. The van der Waals surface area contributed by atoms with Crippen molar-refractivity contribution in [1.82, 2.24) is 9.88 Å². The highest BCUT2D eigenvalue weighted by Crippen LogP contribution is 2.36. The van der Waals surface area contributed by atoms with E-state index in [1.54, 1.807) is 17.2 Å². The van der Waals surface area contributed by atoms with Crippen LogP contribution in [0.4, 0.5) is 0 Å². The van der Waals surface area contributed by atoms with Crippen LogP contribution in [-0.4, -0.2) is 26.9 Å². The zero-order valence-electron chi connectivity index (χ0n) is 12.5. The molecule has 1 fully saturated rings. The monoisotopic (exact) mass is 356 g/mol. The van der Waals surface area contributed by atoms with E-state index < -0.39 is 0 Å². The van der Waals surface area contributed by atoms with Gasteiger partial charge in [0.05, 0.1) is 17.1 Å². The molecule has 0 saturated carbocycles. The SMILES string of the molecule is O=C1/C(=C\c2ccccn2)SC(=S)N1Cc1ccc2c(c1)OCO2. The number of nitrogens with zero attached hydrogens (tertiary/aromatic N) is 2. The van der Waals surface area contributed by atoms with Crippen molar-refractivity contribution in [3.63, 3.8) is 0 Å². The van der Waals surface area contributed by atoms with E-state index in [4.69, 9.17) is 21.7 Å². The van der Waals surface area contributed by atoms with Gasteiger partial charge in [0.15, 0.2) is 11.5 Å². The second kappa shape index (κ2) is 6.26. The molecule has 7 heteroatoms. The van der Waals surface area contributed by atoms with Gasteiger partial charge in [-0.25, -0.2) is 0 Å². The summed E-state index contributed by atoms with van der Waals surface area (Å²) in [6, 6.07) is 11.2. The van der Waals surface area contributed by atoms with E-state index in [0.29, 0.717) is 21.5 Å². The average Bonchev–Trinajstić information content (AvgIpc) is 3.16. The molecule has 1 saturated heterocycles. The fraction of sp³-hybridized carbons (Fsp3) is 0.118. The lowest BCUT2D eigenvalue weighted by molar-refractivity contribution is -0.122. The molecule has 1 amide bonds. The van der Waals surface area contributed by atoms with Crippen LogP contribution in [0.25, 0.3) is 6.08 Å². The first-order chi connectivity index (χ1) is 11.7. The third-order valence-electron chi connectivity index (χ3n) is 3.62. The quantitative estimate of drug-likeness (QED) is 0.622. The van der Waals surface area contributed by atoms with Gasteiger partial charge in [-0.15, -0.1) is 0 Å². The van der Waals surface area contributed by atoms with Crippen LogP contribution in [0, 0.1) is 0 Å². The van der Waals surface area contributed by atoms with E-state index in [9.17, 15) is 4.79 Å². The highest BCUT2D eigenvalue weighted by molar-refractivity contribution is 8.26. The Balaban J connectivity index is 1.55. The molecule has 24 heavy (non-hydrogen) atoms. The smallest absolute Gasteiger partial charge is 0.266 e. The Hall–Kier alpha value is -2.38. The lowest BCUT2D eigenvalue weighted by Crippen LogP contribution is -2.27. The Kier molecular flexibility index (Phi) is 3.95. The summed E-state index contributed by atoms with van der Waals surface area (Å²) in [5.41, 5.74) is 1.68. The Morgan fingerprint density at radius 3 is 2.96 bits per heavy atom. The number of ether oxygens (including phenoxy) is 2. The van der Waals surface area contributed by atoms with Gasteiger partial charge in [0.1, 0.15) is 4.32 Å². The number of rotatable bonds is 3. The first-order valence-corrected chi connectivity index (χ1v) is 8.48. The first-order valence-electron chi connectivity index (χ1n) is 7.25. The second-order valence-corrected chi connectivity index (χ2v) is 6.89. The number of pyridine rings is 1. The predicted octanol–water partition coefficient (Wildman–Crippen LogP) is 3.21. The van der Waals surface area contributed by atoms with Crippen molar-refractivity contribution in [2.45, 2.75) is 6.54 Å². The maximum Gasteiger partial charge on any atom is 0.266 e. The topological polar surface area (TPSA) is 51.7 Å². The zero-order valence-corrected chi connectivity index (χ0v) is 14.1. The Morgan fingerprint density at radius 1 is 1.25 bits per heavy atom. The fourth-order valence-corrected chi connectivity index (χ4v) is 3.69. The summed E-state index contributed by atoms with van der Waals surface area (Å²) < 4.78 is 11.2. The fourth-order valence-electron chi connectivity index (χ4n) is 2.45. The minimum Gasteiger partial charge on any atom is -0.454 e. The van der Waals surface area contributed by atoms with Crippen molar-refractivity contribution >= 4 is 40.3 Å². The number of carbonyl (C=O) groups is 1. The minimum absolute atomic E-state index is 0.103. The number of hydrogen-bond acceptors (Lipinski definition) is 6. The van der Waals surface area contributed by atoms with Crippen molar-refractivity contribution in [3.05, 3.63) is 58.8 Å². The van der Waals surface area contributed by atoms with E-state index in [1.165, 1.54) is 11.8 Å². The molecule has 0 bridgehead atoms. The van der Waals surface area contributed by atoms with Gasteiger partial charge in [0.25, 0.3) is 5.91 Å². The highest BCUT2D eigenvalue weighted by atomic mass is 32.2. The van der Waals surface area contributed by atoms with Crippen LogP contribution in [0.15, 0.2) is 47.5 Å². The molecule has 0 atom stereocenters. The van der Waals surface area contributed by atoms with Crippen LogP contribution in [0.3, 0.4) is 0 Å². The third kappa shape index (κ3) is 2.88. The molecular formula is C17H12N2O3S2. The van der Waals surface area contributed by atoms with Gasteiger partial charge in [0.2, 0.25) is 6.79 Å². The average molecular weight is 356 g/mol. The van der Waals surface area contributed by atoms with Crippen molar-refractivity contribution in [2.24, 2.45) is 0 Å². The Morgan fingerprint density at radius 2 is 2.12 bits per heavy atom. The number of thioether (sulfide) groups is 1. The summed E-state index contributed by atoms with van der Waals surface area (Å²) in [5.74, 6) is 1.31. The van der Waals surface area contributed by atoms with Crippen LogP contribution < -0.4 is 9.47 Å². The van der Waals surface area contributed by atoms with Gasteiger partial charge in [-0.2, -0.15) is 0 Å². The Bertz CT molecular complexity index is 852. The van der Waals surface area contributed by atoms with Crippen LogP contribution in [0.5, 0.6) is 11.5 Å². The molecule has 4 rings (SSSR count). The van der Waals surface area contributed by atoms with Gasteiger partial charge in [-0.1, -0.05) is 36.1 Å². The maximum atomic E-state index is 12.6. The van der Waals surface area contributed by atoms with Crippen molar-refractivity contribution in [1.29, 1.82) is 0 Å². The lowest BCUT2D eigenvalue weighted by atomic mass is 10.2. The molecule has 2 aliphatic rings. The molecule has 5 nitrogen and oxygen atoms in total. The molecule has 0 aliphatic carbocycles. The van der Waals surface area contributed by atoms with E-state index >= 15 is 0 Å². The molecule has 1 aromatic carbocycles. The second-order valence-electron chi connectivity index (χ2n) is 5.21. The number of fused-ring (bicyclic) bond motifs is 1. The molecule has 2 aromatic rings. The molecule has 1 aromatic heterocycles. The van der Waals surface area contributed by atoms with Gasteiger partial charge >= 0.3 is 0 Å². The van der Waals surface area contributed by atoms with Gasteiger partial charge in [0, 0.05) is 6.20 Å². The summed E-state index contributed by atoms with van der Waals surface area (Å²) in [4.78, 5) is 19.0. The molecule has 3 heterocycles. The highest BCUT2D eigenvalue weighted by Gasteiger charge is 2.32. The molecule has 0 spiro atoms. The summed E-state index contributed by atoms with van der Waals surface area (Å²) in [6.45, 7) is 0.632. The first kappa shape index (κ1) is 15.2. The van der Waals surface area contributed by atoms with Gasteiger partial charge in [-0.3, -0.25) is 14.7 Å². The lowest BCUT2D eigenvalue weighted by Gasteiger charge is -2.14. The number of aromatic nitrogens is 1. The van der Waals surface area contributed by atoms with Crippen molar-refractivity contribution in [3.8, 4) is 11.5 Å². The summed E-state index contributed by atoms with van der Waals surface area (Å²) in [5, 5.41) is 0. The minimum atomic E-state index is -0.103. The molecule has 0 radical (unpaired) electrons. The number of benzene rings is 1. The number of amides is 1. The molecule has 0 unspecified atom stereocenters. The molecule has 0 N–H and O–H groups in total. The molecule has 120 valence electrons. The number of hydrogen-bond donors (Lipinski definition) is 0. The van der Waals surface area contributed by atoms with E-state index in [0.717, 1.165) is 17.0 Å². The van der Waals surface area contributed by atoms with Crippen LogP contribution in [0.2, 0.25) is 0 Å². The summed E-state index contributed by atoms with van der Waals surface area (Å²) in [7, 11) is 0. The zero-order chi connectivity index (χ0) is 16.5. The largest absolute Gasteiger partial charge is 0.454 e. The van der Waals surface area contributed by atoms with Crippen LogP contribution >= 0.6 is 24.0 Å².